The van der Waals surface area contributed by atoms with Gasteiger partial charge in [0.1, 0.15) is 11.3 Å². The minimum absolute atomic E-state index is 0.181. The molecule has 0 amide bonds. The van der Waals surface area contributed by atoms with Crippen molar-refractivity contribution in [3.05, 3.63) is 60.3 Å². The Bertz CT molecular complexity index is 1160. The second-order valence-electron chi connectivity index (χ2n) is 6.02. The van der Waals surface area contributed by atoms with E-state index in [1.165, 1.54) is 12.3 Å². The highest BCUT2D eigenvalue weighted by Crippen LogP contribution is 2.30. The Morgan fingerprint density at radius 1 is 1.03 bits per heavy atom. The third-order valence-corrected chi connectivity index (χ3v) is 4.25. The van der Waals surface area contributed by atoms with Crippen LogP contribution in [0.15, 0.2) is 48.7 Å². The molecule has 9 heteroatoms. The zero-order valence-electron chi connectivity index (χ0n) is 15.7. The van der Waals surface area contributed by atoms with Gasteiger partial charge in [-0.3, -0.25) is 4.57 Å². The molecule has 0 saturated carbocycles. The number of halogens is 2. The van der Waals surface area contributed by atoms with Crippen LogP contribution >= 0.6 is 0 Å². The largest absolute Gasteiger partial charge is 0.495 e. The van der Waals surface area contributed by atoms with Crippen LogP contribution in [-0.2, 0) is 6.54 Å². The van der Waals surface area contributed by atoms with Crippen LogP contribution in [0.2, 0.25) is 0 Å². The van der Waals surface area contributed by atoms with Gasteiger partial charge < -0.3 is 14.8 Å². The Labute approximate surface area is 165 Å². The fraction of sp³-hybridized carbons (Fsp3) is 0.150. The van der Waals surface area contributed by atoms with Gasteiger partial charge in [-0.25, -0.2) is 18.7 Å². The van der Waals surface area contributed by atoms with Gasteiger partial charge in [-0.1, -0.05) is 18.2 Å². The molecule has 0 radical (unpaired) electrons. The molecule has 4 aromatic rings. The zero-order chi connectivity index (χ0) is 20.4. The van der Waals surface area contributed by atoms with Crippen molar-refractivity contribution in [3.8, 4) is 17.5 Å². The number of rotatable bonds is 6. The van der Waals surface area contributed by atoms with Crippen LogP contribution < -0.4 is 14.8 Å². The van der Waals surface area contributed by atoms with Crippen molar-refractivity contribution in [2.75, 3.05) is 12.4 Å². The molecule has 0 aliphatic heterocycles. The summed E-state index contributed by atoms with van der Waals surface area (Å²) in [6, 6.07) is 10.7. The number of anilines is 2. The molecule has 1 N–H and O–H groups in total. The van der Waals surface area contributed by atoms with Gasteiger partial charge >= 0.3 is 6.01 Å². The number of imidazole rings is 1. The Morgan fingerprint density at radius 3 is 2.52 bits per heavy atom. The Hall–Kier alpha value is -3.75. The van der Waals surface area contributed by atoms with Crippen molar-refractivity contribution in [1.29, 1.82) is 0 Å². The number of hydrogen-bond donors (Lipinski definition) is 1. The first kappa shape index (κ1) is 18.6. The molecule has 2 aromatic heterocycles. The minimum Gasteiger partial charge on any atom is -0.495 e. The maximum atomic E-state index is 13.9. The van der Waals surface area contributed by atoms with Gasteiger partial charge in [0.05, 0.1) is 19.0 Å². The number of para-hydroxylation sites is 3. The summed E-state index contributed by atoms with van der Waals surface area (Å²) in [5.41, 5.74) is 1.70. The summed E-state index contributed by atoms with van der Waals surface area (Å²) in [4.78, 5) is 12.8. The normalized spacial score (nSPS) is 10.9. The summed E-state index contributed by atoms with van der Waals surface area (Å²) in [6.07, 6.45) is 1.44. The standard InChI is InChI=1S/C20H17F2N5O2/c1-3-27-18-15(25-19(27)24-14-9-4-5-10-16(14)28-2)11-23-20(26-18)29-17-12(21)7-6-8-13(17)22/h4-11H,3H2,1-2H3,(H,24,25). The number of ether oxygens (including phenoxy) is 2. The average molecular weight is 397 g/mol. The van der Waals surface area contributed by atoms with E-state index in [1.807, 2.05) is 31.2 Å². The lowest BCUT2D eigenvalue weighted by Gasteiger charge is -2.11. The highest BCUT2D eigenvalue weighted by molar-refractivity contribution is 5.76. The molecule has 0 aliphatic carbocycles. The maximum Gasteiger partial charge on any atom is 0.324 e. The predicted octanol–water partition coefficient (Wildman–Crippen LogP) is 4.67. The van der Waals surface area contributed by atoms with E-state index < -0.39 is 17.4 Å². The van der Waals surface area contributed by atoms with Crippen molar-refractivity contribution in [2.24, 2.45) is 0 Å². The summed E-state index contributed by atoms with van der Waals surface area (Å²) in [5, 5.41) is 3.22. The number of aromatic nitrogens is 4. The molecule has 4 rings (SSSR count). The Kier molecular flexibility index (Phi) is 4.94. The van der Waals surface area contributed by atoms with E-state index in [1.54, 1.807) is 11.7 Å². The molecular weight excluding hydrogens is 380 g/mol. The Morgan fingerprint density at radius 2 is 1.79 bits per heavy atom. The molecule has 0 fully saturated rings. The van der Waals surface area contributed by atoms with Crippen molar-refractivity contribution >= 4 is 22.8 Å². The second-order valence-corrected chi connectivity index (χ2v) is 6.02. The molecule has 0 aliphatic rings. The van der Waals surface area contributed by atoms with Gasteiger partial charge in [-0.15, -0.1) is 0 Å². The van der Waals surface area contributed by atoms with E-state index >= 15 is 0 Å². The molecule has 0 atom stereocenters. The average Bonchev–Trinajstić information content (AvgIpc) is 3.07. The molecule has 0 unspecified atom stereocenters. The lowest BCUT2D eigenvalue weighted by atomic mass is 10.3. The summed E-state index contributed by atoms with van der Waals surface area (Å²) < 4.78 is 40.1. The molecule has 2 heterocycles. The van der Waals surface area contributed by atoms with Crippen molar-refractivity contribution < 1.29 is 18.3 Å². The third-order valence-electron chi connectivity index (χ3n) is 4.25. The van der Waals surface area contributed by atoms with Gasteiger partial charge in [-0.2, -0.15) is 4.98 Å². The molecule has 7 nitrogen and oxygen atoms in total. The topological polar surface area (TPSA) is 74.1 Å². The number of benzene rings is 2. The molecule has 29 heavy (non-hydrogen) atoms. The number of methoxy groups -OCH3 is 1. The second kappa shape index (κ2) is 7.70. The van der Waals surface area contributed by atoms with E-state index in [-0.39, 0.29) is 6.01 Å². The van der Waals surface area contributed by atoms with Crippen LogP contribution in [0.3, 0.4) is 0 Å². The molecule has 0 spiro atoms. The highest BCUT2D eigenvalue weighted by Gasteiger charge is 2.17. The van der Waals surface area contributed by atoms with Crippen LogP contribution in [0.4, 0.5) is 20.4 Å². The van der Waals surface area contributed by atoms with Crippen LogP contribution in [0.25, 0.3) is 11.2 Å². The molecule has 0 saturated heterocycles. The van der Waals surface area contributed by atoms with Gasteiger partial charge in [-0.05, 0) is 31.2 Å². The van der Waals surface area contributed by atoms with Crippen molar-refractivity contribution in [1.82, 2.24) is 19.5 Å². The maximum absolute atomic E-state index is 13.9. The first-order valence-electron chi connectivity index (χ1n) is 8.86. The lowest BCUT2D eigenvalue weighted by molar-refractivity contribution is 0.383. The van der Waals surface area contributed by atoms with Crippen LogP contribution in [0.1, 0.15) is 6.92 Å². The summed E-state index contributed by atoms with van der Waals surface area (Å²) in [6.45, 7) is 2.46. The van der Waals surface area contributed by atoms with E-state index in [0.29, 0.717) is 29.4 Å². The first-order valence-corrected chi connectivity index (χ1v) is 8.86. The summed E-state index contributed by atoms with van der Waals surface area (Å²) >= 11 is 0. The van der Waals surface area contributed by atoms with Crippen molar-refractivity contribution in [2.45, 2.75) is 13.5 Å². The van der Waals surface area contributed by atoms with Crippen LogP contribution in [0.5, 0.6) is 17.5 Å². The molecule has 0 bridgehead atoms. The SMILES string of the molecule is CCn1c(Nc2ccccc2OC)nc2cnc(Oc3c(F)cccc3F)nc21. The number of aryl methyl sites for hydroxylation is 1. The van der Waals surface area contributed by atoms with E-state index in [0.717, 1.165) is 17.8 Å². The van der Waals surface area contributed by atoms with Gasteiger partial charge in [0.2, 0.25) is 11.7 Å². The fourth-order valence-corrected chi connectivity index (χ4v) is 2.89. The minimum atomic E-state index is -0.837. The van der Waals surface area contributed by atoms with Crippen LogP contribution in [0, 0.1) is 11.6 Å². The number of nitrogens with zero attached hydrogens (tertiary/aromatic N) is 4. The van der Waals surface area contributed by atoms with Crippen LogP contribution in [-0.4, -0.2) is 26.6 Å². The predicted molar refractivity (Wildman–Crippen MR) is 104 cm³/mol. The monoisotopic (exact) mass is 397 g/mol. The number of hydrogen-bond acceptors (Lipinski definition) is 6. The summed E-state index contributed by atoms with van der Waals surface area (Å²) in [5.74, 6) is -1.04. The van der Waals surface area contributed by atoms with E-state index in [4.69, 9.17) is 9.47 Å². The molecular formula is C20H17F2N5O2. The van der Waals surface area contributed by atoms with Crippen molar-refractivity contribution in [3.63, 3.8) is 0 Å². The fourth-order valence-electron chi connectivity index (χ4n) is 2.89. The third kappa shape index (κ3) is 3.54. The van der Waals surface area contributed by atoms with E-state index in [9.17, 15) is 8.78 Å². The highest BCUT2D eigenvalue weighted by atomic mass is 19.1. The van der Waals surface area contributed by atoms with Gasteiger partial charge in [0.25, 0.3) is 0 Å². The molecule has 2 aromatic carbocycles. The first-order chi connectivity index (χ1) is 14.1. The quantitative estimate of drug-likeness (QED) is 0.510. The number of nitrogens with one attached hydrogen (secondary N) is 1. The lowest BCUT2D eigenvalue weighted by Crippen LogP contribution is -2.04. The van der Waals surface area contributed by atoms with Gasteiger partial charge in [0, 0.05) is 6.54 Å². The zero-order valence-corrected chi connectivity index (χ0v) is 15.7. The smallest absolute Gasteiger partial charge is 0.324 e. The van der Waals surface area contributed by atoms with Gasteiger partial charge in [0.15, 0.2) is 17.3 Å². The van der Waals surface area contributed by atoms with E-state index in [2.05, 4.69) is 20.3 Å². The molecule has 148 valence electrons. The Balaban J connectivity index is 1.72. The summed E-state index contributed by atoms with van der Waals surface area (Å²) in [7, 11) is 1.58. The number of fused-ring (bicyclic) bond motifs is 1.